The number of amides is 1. The van der Waals surface area contributed by atoms with Crippen LogP contribution in [0.2, 0.25) is 0 Å². The smallest absolute Gasteiger partial charge is 0.227 e. The van der Waals surface area contributed by atoms with Crippen LogP contribution < -0.4 is 0 Å². The molecule has 1 aliphatic rings. The Morgan fingerprint density at radius 1 is 1.03 bits per heavy atom. The average molecular weight is 409 g/mol. The molecule has 4 rings (SSSR count). The molecule has 0 unspecified atom stereocenters. The second-order valence-corrected chi connectivity index (χ2v) is 7.38. The van der Waals surface area contributed by atoms with Crippen molar-refractivity contribution in [1.29, 1.82) is 0 Å². The first kappa shape index (κ1) is 20.2. The maximum atomic E-state index is 13.1. The first-order chi connectivity index (χ1) is 14.7. The molecule has 1 saturated heterocycles. The van der Waals surface area contributed by atoms with Gasteiger partial charge in [-0.15, -0.1) is 0 Å². The van der Waals surface area contributed by atoms with E-state index in [-0.39, 0.29) is 11.7 Å². The van der Waals surface area contributed by atoms with Crippen molar-refractivity contribution >= 4 is 5.91 Å². The molecule has 0 radical (unpaired) electrons. The molecule has 1 fully saturated rings. The molecule has 0 atom stereocenters. The zero-order valence-corrected chi connectivity index (χ0v) is 16.7. The highest BCUT2D eigenvalue weighted by Crippen LogP contribution is 2.15. The minimum atomic E-state index is -0.222. The van der Waals surface area contributed by atoms with Crippen LogP contribution in [0.5, 0.6) is 0 Å². The van der Waals surface area contributed by atoms with Crippen LogP contribution in [0, 0.1) is 5.82 Å². The second kappa shape index (κ2) is 9.58. The Balaban J connectivity index is 1.26. The van der Waals surface area contributed by atoms with Gasteiger partial charge in [0.15, 0.2) is 0 Å². The number of halogens is 1. The van der Waals surface area contributed by atoms with E-state index in [1.807, 2.05) is 29.2 Å². The Morgan fingerprint density at radius 3 is 2.63 bits per heavy atom. The number of hydrogen-bond acceptors (Lipinski definition) is 6. The van der Waals surface area contributed by atoms with Gasteiger partial charge in [0.25, 0.3) is 0 Å². The molecular formula is C22H24FN5O2. The number of hydrogen-bond donors (Lipinski definition) is 0. The van der Waals surface area contributed by atoms with Gasteiger partial charge in [0.1, 0.15) is 5.82 Å². The monoisotopic (exact) mass is 409 g/mol. The fourth-order valence-corrected chi connectivity index (χ4v) is 3.57. The minimum Gasteiger partial charge on any atom is -0.341 e. The molecule has 30 heavy (non-hydrogen) atoms. The van der Waals surface area contributed by atoms with Crippen molar-refractivity contribution in [2.75, 3.05) is 26.2 Å². The van der Waals surface area contributed by atoms with E-state index in [2.05, 4.69) is 20.0 Å². The van der Waals surface area contributed by atoms with Crippen molar-refractivity contribution in [2.24, 2.45) is 0 Å². The molecule has 7 nitrogen and oxygen atoms in total. The van der Waals surface area contributed by atoms with Crippen molar-refractivity contribution in [3.05, 3.63) is 66.1 Å². The third-order valence-corrected chi connectivity index (χ3v) is 5.22. The topological polar surface area (TPSA) is 75.4 Å². The van der Waals surface area contributed by atoms with Gasteiger partial charge >= 0.3 is 0 Å². The second-order valence-electron chi connectivity index (χ2n) is 7.38. The lowest BCUT2D eigenvalue weighted by atomic mass is 10.2. The Hall–Kier alpha value is -3.13. The molecule has 1 amide bonds. The van der Waals surface area contributed by atoms with E-state index < -0.39 is 0 Å². The minimum absolute atomic E-state index is 0.0993. The molecule has 0 N–H and O–H groups in total. The van der Waals surface area contributed by atoms with Crippen molar-refractivity contribution in [1.82, 2.24) is 24.9 Å². The van der Waals surface area contributed by atoms with E-state index >= 15 is 0 Å². The lowest BCUT2D eigenvalue weighted by molar-refractivity contribution is -0.131. The first-order valence-corrected chi connectivity index (χ1v) is 10.1. The van der Waals surface area contributed by atoms with Crippen LogP contribution in [0.4, 0.5) is 4.39 Å². The summed E-state index contributed by atoms with van der Waals surface area (Å²) >= 11 is 0. The van der Waals surface area contributed by atoms with E-state index in [1.54, 1.807) is 12.4 Å². The Labute approximate surface area is 174 Å². The molecule has 3 heterocycles. The number of carbonyl (C=O) groups is 1. The van der Waals surface area contributed by atoms with E-state index in [0.717, 1.165) is 43.7 Å². The van der Waals surface area contributed by atoms with Crippen molar-refractivity contribution < 1.29 is 13.7 Å². The van der Waals surface area contributed by atoms with Crippen LogP contribution in [-0.4, -0.2) is 57.0 Å². The van der Waals surface area contributed by atoms with Gasteiger partial charge < -0.3 is 9.42 Å². The van der Waals surface area contributed by atoms with Gasteiger partial charge in [-0.05, 0) is 36.2 Å². The van der Waals surface area contributed by atoms with E-state index in [4.69, 9.17) is 4.52 Å². The first-order valence-electron chi connectivity index (χ1n) is 10.1. The number of nitrogens with zero attached hydrogens (tertiary/aromatic N) is 5. The summed E-state index contributed by atoms with van der Waals surface area (Å²) < 4.78 is 18.4. The van der Waals surface area contributed by atoms with E-state index in [9.17, 15) is 9.18 Å². The standard InChI is InChI=1S/C22H24FN5O2/c23-19-4-2-17(3-5-19)16-27-12-1-13-28(15-14-27)21(29)7-6-20-25-22(26-30-20)18-8-10-24-11-9-18/h2-5,8-11H,1,6-7,12-16H2. The molecule has 1 aromatic carbocycles. The van der Waals surface area contributed by atoms with Crippen molar-refractivity contribution in [3.8, 4) is 11.4 Å². The van der Waals surface area contributed by atoms with Crippen LogP contribution in [0.25, 0.3) is 11.4 Å². The quantitative estimate of drug-likeness (QED) is 0.623. The van der Waals surface area contributed by atoms with E-state index in [1.165, 1.54) is 12.1 Å². The molecular weight excluding hydrogens is 385 g/mol. The largest absolute Gasteiger partial charge is 0.341 e. The molecule has 0 saturated carbocycles. The summed E-state index contributed by atoms with van der Waals surface area (Å²) in [7, 11) is 0. The summed E-state index contributed by atoms with van der Waals surface area (Å²) in [6.07, 6.45) is 5.03. The molecule has 8 heteroatoms. The predicted octanol–water partition coefficient (Wildman–Crippen LogP) is 2.94. The van der Waals surface area contributed by atoms with Gasteiger partial charge in [0.2, 0.25) is 17.6 Å². The summed E-state index contributed by atoms with van der Waals surface area (Å²) in [4.78, 5) is 25.2. The predicted molar refractivity (Wildman–Crippen MR) is 109 cm³/mol. The maximum Gasteiger partial charge on any atom is 0.227 e. The van der Waals surface area contributed by atoms with Gasteiger partial charge in [0.05, 0.1) is 0 Å². The normalized spacial score (nSPS) is 15.2. The fraction of sp³-hybridized carbons (Fsp3) is 0.364. The van der Waals surface area contributed by atoms with Gasteiger partial charge in [-0.1, -0.05) is 17.3 Å². The third kappa shape index (κ3) is 5.27. The summed E-state index contributed by atoms with van der Waals surface area (Å²) in [6, 6.07) is 10.2. The van der Waals surface area contributed by atoms with Crippen LogP contribution in [0.1, 0.15) is 24.3 Å². The molecule has 3 aromatic rings. The number of pyridine rings is 1. The number of rotatable bonds is 6. The molecule has 156 valence electrons. The number of aryl methyl sites for hydroxylation is 1. The van der Waals surface area contributed by atoms with E-state index in [0.29, 0.717) is 31.1 Å². The van der Waals surface area contributed by atoms with Gasteiger partial charge in [-0.3, -0.25) is 14.7 Å². The number of aromatic nitrogens is 3. The lowest BCUT2D eigenvalue weighted by Crippen LogP contribution is -2.35. The van der Waals surface area contributed by atoms with Gasteiger partial charge in [-0.2, -0.15) is 4.98 Å². The number of carbonyl (C=O) groups excluding carboxylic acids is 1. The SMILES string of the molecule is O=C(CCc1nc(-c2ccncc2)no1)N1CCCN(Cc2ccc(F)cc2)CC1. The molecule has 2 aromatic heterocycles. The average Bonchev–Trinajstić information content (AvgIpc) is 3.13. The zero-order chi connectivity index (χ0) is 20.8. The molecule has 1 aliphatic heterocycles. The summed E-state index contributed by atoms with van der Waals surface area (Å²) in [5.41, 5.74) is 1.91. The Kier molecular flexibility index (Phi) is 6.44. The highest BCUT2D eigenvalue weighted by Gasteiger charge is 2.20. The van der Waals surface area contributed by atoms with Crippen LogP contribution in [-0.2, 0) is 17.8 Å². The Morgan fingerprint density at radius 2 is 1.83 bits per heavy atom. The number of benzene rings is 1. The Bertz CT molecular complexity index is 961. The van der Waals surface area contributed by atoms with Crippen LogP contribution >= 0.6 is 0 Å². The van der Waals surface area contributed by atoms with Crippen molar-refractivity contribution in [3.63, 3.8) is 0 Å². The van der Waals surface area contributed by atoms with Crippen LogP contribution in [0.15, 0.2) is 53.3 Å². The lowest BCUT2D eigenvalue weighted by Gasteiger charge is -2.22. The molecule has 0 spiro atoms. The summed E-state index contributed by atoms with van der Waals surface area (Å²) in [5, 5.41) is 3.98. The fourth-order valence-electron chi connectivity index (χ4n) is 3.57. The van der Waals surface area contributed by atoms with Crippen LogP contribution in [0.3, 0.4) is 0 Å². The zero-order valence-electron chi connectivity index (χ0n) is 16.7. The van der Waals surface area contributed by atoms with Crippen molar-refractivity contribution in [2.45, 2.75) is 25.8 Å². The molecule has 0 bridgehead atoms. The molecule has 0 aliphatic carbocycles. The summed E-state index contributed by atoms with van der Waals surface area (Å²) in [6.45, 7) is 3.91. The highest BCUT2D eigenvalue weighted by molar-refractivity contribution is 5.76. The van der Waals surface area contributed by atoms with Gasteiger partial charge in [0, 0.05) is 63.5 Å². The summed E-state index contributed by atoms with van der Waals surface area (Å²) in [5.74, 6) is 0.844. The highest BCUT2D eigenvalue weighted by atomic mass is 19.1. The maximum absolute atomic E-state index is 13.1. The third-order valence-electron chi connectivity index (χ3n) is 5.22. The van der Waals surface area contributed by atoms with Gasteiger partial charge in [-0.25, -0.2) is 4.39 Å².